The first-order valence-electron chi connectivity index (χ1n) is 5.80. The van der Waals surface area contributed by atoms with Crippen LogP contribution in [0.25, 0.3) is 0 Å². The van der Waals surface area contributed by atoms with Gasteiger partial charge in [-0.1, -0.05) is 18.1 Å². The van der Waals surface area contributed by atoms with Gasteiger partial charge in [-0.2, -0.15) is 4.80 Å². The van der Waals surface area contributed by atoms with E-state index in [9.17, 15) is 4.39 Å². The van der Waals surface area contributed by atoms with Crippen LogP contribution in [0.2, 0.25) is 0 Å². The van der Waals surface area contributed by atoms with Crippen LogP contribution >= 0.6 is 0 Å². The molecule has 0 saturated carbocycles. The van der Waals surface area contributed by atoms with Crippen LogP contribution in [0, 0.1) is 18.2 Å². The lowest BCUT2D eigenvalue weighted by molar-refractivity contribution is 0.282. The molecular formula is C13H14FN5. The lowest BCUT2D eigenvalue weighted by Gasteiger charge is -2.17. The first kappa shape index (κ1) is 13.2. The number of benzene rings is 1. The minimum atomic E-state index is -0.247. The molecular weight excluding hydrogens is 245 g/mol. The van der Waals surface area contributed by atoms with Crippen molar-refractivity contribution >= 4 is 0 Å². The van der Waals surface area contributed by atoms with Gasteiger partial charge in [-0.25, -0.2) is 4.39 Å². The van der Waals surface area contributed by atoms with Crippen LogP contribution in [0.15, 0.2) is 24.3 Å². The molecule has 0 amide bonds. The van der Waals surface area contributed by atoms with E-state index in [0.29, 0.717) is 25.5 Å². The molecule has 2 aromatic rings. The fraction of sp³-hybridized carbons (Fsp3) is 0.308. The fourth-order valence-electron chi connectivity index (χ4n) is 1.73. The maximum Gasteiger partial charge on any atom is 0.188 e. The molecule has 6 heteroatoms. The molecule has 1 aromatic heterocycles. The predicted molar refractivity (Wildman–Crippen MR) is 68.1 cm³/mol. The normalized spacial score (nSPS) is 10.6. The second-order valence-corrected chi connectivity index (χ2v) is 4.17. The largest absolute Gasteiger partial charge is 0.280 e. The minimum Gasteiger partial charge on any atom is -0.280 e. The van der Waals surface area contributed by atoms with Gasteiger partial charge >= 0.3 is 0 Å². The lowest BCUT2D eigenvalue weighted by Crippen LogP contribution is -2.24. The predicted octanol–water partition coefficient (Wildman–Crippen LogP) is 0.985. The van der Waals surface area contributed by atoms with Crippen LogP contribution in [0.3, 0.4) is 0 Å². The van der Waals surface area contributed by atoms with E-state index in [2.05, 4.69) is 21.3 Å². The van der Waals surface area contributed by atoms with Gasteiger partial charge in [0, 0.05) is 6.54 Å². The van der Waals surface area contributed by atoms with E-state index in [-0.39, 0.29) is 5.82 Å². The molecule has 0 unspecified atom stereocenters. The third-order valence-corrected chi connectivity index (χ3v) is 2.55. The third-order valence-electron chi connectivity index (χ3n) is 2.55. The van der Waals surface area contributed by atoms with Crippen LogP contribution in [-0.4, -0.2) is 31.7 Å². The molecule has 0 saturated heterocycles. The Morgan fingerprint density at radius 1 is 1.32 bits per heavy atom. The Labute approximate surface area is 111 Å². The highest BCUT2D eigenvalue weighted by atomic mass is 19.1. The highest BCUT2D eigenvalue weighted by Gasteiger charge is 2.09. The summed E-state index contributed by atoms with van der Waals surface area (Å²) in [7, 11) is 1.71. The molecule has 0 aliphatic rings. The van der Waals surface area contributed by atoms with E-state index < -0.39 is 0 Å². The van der Waals surface area contributed by atoms with E-state index in [4.69, 9.17) is 6.42 Å². The Balaban J connectivity index is 2.03. The Hall–Kier alpha value is -2.26. The highest BCUT2D eigenvalue weighted by molar-refractivity contribution is 5.16. The summed E-state index contributed by atoms with van der Waals surface area (Å²) in [5.74, 6) is 2.96. The fourth-order valence-corrected chi connectivity index (χ4v) is 1.73. The topological polar surface area (TPSA) is 46.8 Å². The van der Waals surface area contributed by atoms with Crippen molar-refractivity contribution in [3.8, 4) is 12.3 Å². The average Bonchev–Trinajstić information content (AvgIpc) is 2.78. The smallest absolute Gasteiger partial charge is 0.188 e. The molecule has 2 rings (SSSR count). The summed E-state index contributed by atoms with van der Waals surface area (Å²) in [4.78, 5) is 3.39. The second-order valence-electron chi connectivity index (χ2n) is 4.17. The van der Waals surface area contributed by atoms with Crippen molar-refractivity contribution < 1.29 is 4.39 Å². The number of tetrazole rings is 1. The van der Waals surface area contributed by atoms with Crippen LogP contribution in [-0.2, 0) is 20.1 Å². The summed E-state index contributed by atoms with van der Waals surface area (Å²) in [6, 6.07) is 6.35. The molecule has 0 aliphatic heterocycles. The summed E-state index contributed by atoms with van der Waals surface area (Å²) in [5.41, 5.74) is 0.987. The molecule has 0 radical (unpaired) electrons. The van der Waals surface area contributed by atoms with Gasteiger partial charge in [-0.15, -0.1) is 16.6 Å². The van der Waals surface area contributed by atoms with Gasteiger partial charge in [0.25, 0.3) is 0 Å². The third kappa shape index (κ3) is 3.86. The molecule has 5 nitrogen and oxygen atoms in total. The van der Waals surface area contributed by atoms with Gasteiger partial charge in [-0.05, 0) is 22.9 Å². The van der Waals surface area contributed by atoms with Crippen LogP contribution in [0.1, 0.15) is 11.4 Å². The van der Waals surface area contributed by atoms with Gasteiger partial charge in [0.15, 0.2) is 5.82 Å². The van der Waals surface area contributed by atoms with Crippen LogP contribution < -0.4 is 0 Å². The van der Waals surface area contributed by atoms with Gasteiger partial charge < -0.3 is 0 Å². The van der Waals surface area contributed by atoms with Crippen molar-refractivity contribution in [2.24, 2.45) is 7.05 Å². The van der Waals surface area contributed by atoms with Gasteiger partial charge in [0.1, 0.15) is 5.82 Å². The Bertz CT molecular complexity index is 569. The monoisotopic (exact) mass is 259 g/mol. The van der Waals surface area contributed by atoms with Crippen molar-refractivity contribution in [1.29, 1.82) is 0 Å². The Kier molecular flexibility index (Phi) is 4.21. The van der Waals surface area contributed by atoms with Gasteiger partial charge in [0.05, 0.1) is 20.1 Å². The van der Waals surface area contributed by atoms with Crippen LogP contribution in [0.4, 0.5) is 4.39 Å². The summed E-state index contributed by atoms with van der Waals surface area (Å²) < 4.78 is 12.8. The van der Waals surface area contributed by atoms with E-state index >= 15 is 0 Å². The number of nitrogens with zero attached hydrogens (tertiary/aromatic N) is 5. The lowest BCUT2D eigenvalue weighted by atomic mass is 10.2. The van der Waals surface area contributed by atoms with Crippen molar-refractivity contribution in [3.63, 3.8) is 0 Å². The van der Waals surface area contributed by atoms with Crippen molar-refractivity contribution in [2.75, 3.05) is 6.54 Å². The number of rotatable bonds is 5. The van der Waals surface area contributed by atoms with Crippen molar-refractivity contribution in [1.82, 2.24) is 25.1 Å². The molecule has 0 aliphatic carbocycles. The zero-order valence-corrected chi connectivity index (χ0v) is 10.6. The maximum atomic E-state index is 12.8. The first-order valence-corrected chi connectivity index (χ1v) is 5.80. The molecule has 19 heavy (non-hydrogen) atoms. The highest BCUT2D eigenvalue weighted by Crippen LogP contribution is 2.08. The molecule has 0 spiro atoms. The zero-order valence-electron chi connectivity index (χ0n) is 10.6. The summed E-state index contributed by atoms with van der Waals surface area (Å²) in [5, 5.41) is 11.8. The van der Waals surface area contributed by atoms with E-state index in [1.165, 1.54) is 16.9 Å². The number of hydrogen-bond donors (Lipinski definition) is 0. The molecule has 0 atom stereocenters. The quantitative estimate of drug-likeness (QED) is 0.751. The van der Waals surface area contributed by atoms with Gasteiger partial charge in [-0.3, -0.25) is 4.90 Å². The standard InChI is InChI=1S/C13H14FN5/c1-3-8-19(10-13-15-17-18(2)16-13)9-11-4-6-12(14)7-5-11/h1,4-7H,8-10H2,2H3. The molecule has 0 N–H and O–H groups in total. The number of terminal acetylenes is 1. The Morgan fingerprint density at radius 2 is 2.05 bits per heavy atom. The second kappa shape index (κ2) is 6.07. The molecule has 1 aromatic carbocycles. The van der Waals surface area contributed by atoms with E-state index in [1.54, 1.807) is 19.2 Å². The SMILES string of the molecule is C#CCN(Cc1ccc(F)cc1)Cc1nnn(C)n1. The van der Waals surface area contributed by atoms with E-state index in [1.807, 2.05) is 4.90 Å². The molecule has 98 valence electrons. The number of hydrogen-bond acceptors (Lipinski definition) is 4. The maximum absolute atomic E-state index is 12.8. The molecule has 0 bridgehead atoms. The Morgan fingerprint density at radius 3 is 2.63 bits per heavy atom. The molecule has 0 fully saturated rings. The van der Waals surface area contributed by atoms with Crippen LogP contribution in [0.5, 0.6) is 0 Å². The number of halogens is 1. The van der Waals surface area contributed by atoms with Gasteiger partial charge in [0.2, 0.25) is 0 Å². The average molecular weight is 259 g/mol. The van der Waals surface area contributed by atoms with Crippen molar-refractivity contribution in [2.45, 2.75) is 13.1 Å². The summed E-state index contributed by atoms with van der Waals surface area (Å²) >= 11 is 0. The van der Waals surface area contributed by atoms with Crippen molar-refractivity contribution in [3.05, 3.63) is 41.5 Å². The zero-order chi connectivity index (χ0) is 13.7. The summed E-state index contributed by atoms with van der Waals surface area (Å²) in [6.45, 7) is 1.59. The first-order chi connectivity index (χ1) is 9.17. The number of aryl methyl sites for hydroxylation is 1. The number of aromatic nitrogens is 4. The summed E-state index contributed by atoms with van der Waals surface area (Å²) in [6.07, 6.45) is 5.35. The molecule has 1 heterocycles. The minimum absolute atomic E-state index is 0.247. The van der Waals surface area contributed by atoms with E-state index in [0.717, 1.165) is 5.56 Å².